The number of likely N-dealkylation sites (tertiary alicyclic amines) is 1. The molecule has 0 spiro atoms. The molecule has 1 saturated heterocycles. The number of piperidine rings is 1. The average Bonchev–Trinajstić information content (AvgIpc) is 2.63. The highest BCUT2D eigenvalue weighted by Gasteiger charge is 2.24. The Hall–Kier alpha value is -1.72. The fourth-order valence-electron chi connectivity index (χ4n) is 3.14. The van der Waals surface area contributed by atoms with E-state index in [9.17, 15) is 9.18 Å². The number of amides is 1. The molecule has 0 atom stereocenters. The van der Waals surface area contributed by atoms with Crippen molar-refractivity contribution in [1.82, 2.24) is 10.2 Å². The van der Waals surface area contributed by atoms with E-state index >= 15 is 0 Å². The van der Waals surface area contributed by atoms with E-state index in [-0.39, 0.29) is 17.6 Å². The molecule has 132 valence electrons. The predicted octanol–water partition coefficient (Wildman–Crippen LogP) is 4.12. The molecular weight excluding hydrogens is 383 g/mol. The molecule has 0 aliphatic carbocycles. The second kappa shape index (κ2) is 8.59. The minimum atomic E-state index is -0.256. The Balaban J connectivity index is 1.42. The van der Waals surface area contributed by atoms with Gasteiger partial charge in [0.1, 0.15) is 5.82 Å². The molecule has 2 aromatic rings. The van der Waals surface area contributed by atoms with E-state index < -0.39 is 0 Å². The number of nitrogens with one attached hydrogen (secondary N) is 1. The van der Waals surface area contributed by atoms with Crippen molar-refractivity contribution >= 4 is 21.8 Å². The molecule has 1 aliphatic rings. The molecule has 25 heavy (non-hydrogen) atoms. The number of halogens is 2. The first-order valence-electron chi connectivity index (χ1n) is 8.59. The Labute approximate surface area is 156 Å². The summed E-state index contributed by atoms with van der Waals surface area (Å²) >= 11 is 3.45. The van der Waals surface area contributed by atoms with Crippen LogP contribution in [-0.2, 0) is 17.9 Å². The Morgan fingerprint density at radius 2 is 1.64 bits per heavy atom. The molecule has 0 bridgehead atoms. The fourth-order valence-corrected chi connectivity index (χ4v) is 3.40. The average molecular weight is 405 g/mol. The van der Waals surface area contributed by atoms with E-state index in [4.69, 9.17) is 0 Å². The zero-order chi connectivity index (χ0) is 17.6. The monoisotopic (exact) mass is 404 g/mol. The van der Waals surface area contributed by atoms with Gasteiger partial charge in [0.05, 0.1) is 0 Å². The Kier molecular flexibility index (Phi) is 6.21. The maximum absolute atomic E-state index is 12.9. The van der Waals surface area contributed by atoms with Crippen molar-refractivity contribution < 1.29 is 9.18 Å². The number of benzene rings is 2. The topological polar surface area (TPSA) is 32.3 Å². The molecule has 0 radical (unpaired) electrons. The van der Waals surface area contributed by atoms with Gasteiger partial charge in [0.25, 0.3) is 0 Å². The van der Waals surface area contributed by atoms with Gasteiger partial charge in [0, 0.05) is 23.5 Å². The van der Waals surface area contributed by atoms with E-state index in [0.29, 0.717) is 6.54 Å². The number of carbonyl (C=O) groups is 1. The van der Waals surface area contributed by atoms with Gasteiger partial charge in [-0.3, -0.25) is 9.69 Å². The fraction of sp³-hybridized carbons (Fsp3) is 0.350. The summed E-state index contributed by atoms with van der Waals surface area (Å²) in [5.74, 6) is -0.0811. The van der Waals surface area contributed by atoms with Crippen LogP contribution in [0.25, 0.3) is 0 Å². The van der Waals surface area contributed by atoms with Crippen LogP contribution in [0.1, 0.15) is 24.0 Å². The van der Waals surface area contributed by atoms with Crippen LogP contribution in [0.15, 0.2) is 53.0 Å². The zero-order valence-corrected chi connectivity index (χ0v) is 15.6. The minimum absolute atomic E-state index is 0.0709. The molecule has 1 N–H and O–H groups in total. The normalized spacial score (nSPS) is 15.9. The second-order valence-electron chi connectivity index (χ2n) is 6.52. The van der Waals surface area contributed by atoms with Crippen LogP contribution in [0.4, 0.5) is 4.39 Å². The molecule has 0 unspecified atom stereocenters. The van der Waals surface area contributed by atoms with Crippen molar-refractivity contribution in [2.45, 2.75) is 25.9 Å². The molecule has 5 heteroatoms. The molecule has 3 nitrogen and oxygen atoms in total. The van der Waals surface area contributed by atoms with E-state index in [0.717, 1.165) is 42.5 Å². The summed E-state index contributed by atoms with van der Waals surface area (Å²) in [7, 11) is 0. The molecule has 1 heterocycles. The van der Waals surface area contributed by atoms with Crippen molar-refractivity contribution in [3.8, 4) is 0 Å². The van der Waals surface area contributed by atoms with Gasteiger partial charge in [-0.25, -0.2) is 4.39 Å². The first kappa shape index (κ1) is 18.1. The van der Waals surface area contributed by atoms with E-state index in [2.05, 4.69) is 50.4 Å². The summed E-state index contributed by atoms with van der Waals surface area (Å²) in [6.45, 7) is 3.25. The summed E-state index contributed by atoms with van der Waals surface area (Å²) in [4.78, 5) is 14.7. The third-order valence-corrected chi connectivity index (χ3v) is 5.19. The highest BCUT2D eigenvalue weighted by molar-refractivity contribution is 9.10. The Morgan fingerprint density at radius 3 is 2.28 bits per heavy atom. The quantitative estimate of drug-likeness (QED) is 0.812. The summed E-state index contributed by atoms with van der Waals surface area (Å²) in [6.07, 6.45) is 1.76. The predicted molar refractivity (Wildman–Crippen MR) is 100 cm³/mol. The van der Waals surface area contributed by atoms with Gasteiger partial charge >= 0.3 is 0 Å². The van der Waals surface area contributed by atoms with E-state index in [1.54, 1.807) is 12.1 Å². The molecule has 1 fully saturated rings. The lowest BCUT2D eigenvalue weighted by molar-refractivity contribution is -0.126. The van der Waals surface area contributed by atoms with Crippen LogP contribution < -0.4 is 5.32 Å². The molecule has 0 saturated carbocycles. The van der Waals surface area contributed by atoms with Crippen molar-refractivity contribution in [1.29, 1.82) is 0 Å². The highest BCUT2D eigenvalue weighted by atomic mass is 79.9. The van der Waals surface area contributed by atoms with Crippen molar-refractivity contribution in [3.05, 3.63) is 69.9 Å². The Bertz CT molecular complexity index is 695. The Morgan fingerprint density at radius 1 is 1.04 bits per heavy atom. The first-order chi connectivity index (χ1) is 12.1. The molecule has 1 aliphatic heterocycles. The van der Waals surface area contributed by atoms with Crippen LogP contribution in [0.2, 0.25) is 0 Å². The third-order valence-electron chi connectivity index (χ3n) is 4.66. The molecule has 0 aromatic heterocycles. The number of hydrogen-bond donors (Lipinski definition) is 1. The number of rotatable bonds is 5. The van der Waals surface area contributed by atoms with Gasteiger partial charge in [-0.05, 0) is 61.3 Å². The lowest BCUT2D eigenvalue weighted by Crippen LogP contribution is -2.40. The van der Waals surface area contributed by atoms with Gasteiger partial charge in [-0.1, -0.05) is 40.2 Å². The van der Waals surface area contributed by atoms with Gasteiger partial charge in [0.15, 0.2) is 0 Å². The summed E-state index contributed by atoms with van der Waals surface area (Å²) in [5.41, 5.74) is 2.21. The molecular formula is C20H22BrFN2O. The van der Waals surface area contributed by atoms with Crippen LogP contribution in [0.5, 0.6) is 0 Å². The summed E-state index contributed by atoms with van der Waals surface area (Å²) in [6, 6.07) is 14.6. The maximum Gasteiger partial charge on any atom is 0.223 e. The first-order valence-corrected chi connectivity index (χ1v) is 9.38. The number of carbonyl (C=O) groups excluding carboxylic acids is 1. The summed E-state index contributed by atoms with van der Waals surface area (Å²) < 4.78 is 14.0. The third kappa shape index (κ3) is 5.38. The lowest BCUT2D eigenvalue weighted by Gasteiger charge is -2.31. The van der Waals surface area contributed by atoms with Crippen LogP contribution in [0.3, 0.4) is 0 Å². The van der Waals surface area contributed by atoms with Crippen molar-refractivity contribution in [2.24, 2.45) is 5.92 Å². The molecule has 1 amide bonds. The van der Waals surface area contributed by atoms with Gasteiger partial charge in [-0.15, -0.1) is 0 Å². The molecule has 2 aromatic carbocycles. The van der Waals surface area contributed by atoms with Gasteiger partial charge in [-0.2, -0.15) is 0 Å². The molecule has 3 rings (SSSR count). The standard InChI is InChI=1S/C20H22BrFN2O/c21-18-5-1-16(2-6-18)14-24-11-9-17(10-12-24)20(25)23-13-15-3-7-19(22)8-4-15/h1-8,17H,9-14H2,(H,23,25). The minimum Gasteiger partial charge on any atom is -0.352 e. The number of nitrogens with zero attached hydrogens (tertiary/aromatic N) is 1. The van der Waals surface area contributed by atoms with Crippen LogP contribution >= 0.6 is 15.9 Å². The van der Waals surface area contributed by atoms with E-state index in [1.807, 2.05) is 0 Å². The maximum atomic E-state index is 12.9. The van der Waals surface area contributed by atoms with Gasteiger partial charge < -0.3 is 5.32 Å². The highest BCUT2D eigenvalue weighted by Crippen LogP contribution is 2.20. The SMILES string of the molecule is O=C(NCc1ccc(F)cc1)C1CCN(Cc2ccc(Br)cc2)CC1. The number of hydrogen-bond acceptors (Lipinski definition) is 2. The van der Waals surface area contributed by atoms with Crippen LogP contribution in [0, 0.1) is 11.7 Å². The second-order valence-corrected chi connectivity index (χ2v) is 7.44. The zero-order valence-electron chi connectivity index (χ0n) is 14.1. The lowest BCUT2D eigenvalue weighted by atomic mass is 9.95. The summed E-state index contributed by atoms with van der Waals surface area (Å²) in [5, 5.41) is 2.97. The van der Waals surface area contributed by atoms with E-state index in [1.165, 1.54) is 17.7 Å². The van der Waals surface area contributed by atoms with Crippen LogP contribution in [-0.4, -0.2) is 23.9 Å². The van der Waals surface area contributed by atoms with Crippen molar-refractivity contribution in [3.63, 3.8) is 0 Å². The van der Waals surface area contributed by atoms with Crippen molar-refractivity contribution in [2.75, 3.05) is 13.1 Å². The van der Waals surface area contributed by atoms with Gasteiger partial charge in [0.2, 0.25) is 5.91 Å². The smallest absolute Gasteiger partial charge is 0.223 e. The largest absolute Gasteiger partial charge is 0.352 e.